The Morgan fingerprint density at radius 1 is 1.29 bits per heavy atom. The lowest BCUT2D eigenvalue weighted by Crippen LogP contribution is -1.91. The molecule has 3 aromatic rings. The zero-order valence-corrected chi connectivity index (χ0v) is 10.7. The second-order valence-corrected chi connectivity index (χ2v) is 4.33. The highest BCUT2D eigenvalue weighted by Crippen LogP contribution is 2.25. The molecule has 0 aliphatic rings. The molecule has 2 aromatic heterocycles. The van der Waals surface area contributed by atoms with Gasteiger partial charge in [0.1, 0.15) is 11.5 Å². The number of nitro groups is 1. The molecule has 0 aliphatic carbocycles. The van der Waals surface area contributed by atoms with Crippen molar-refractivity contribution >= 4 is 17.4 Å². The van der Waals surface area contributed by atoms with Crippen LogP contribution in [0, 0.1) is 10.1 Å². The van der Waals surface area contributed by atoms with Gasteiger partial charge in [0.05, 0.1) is 16.7 Å². The third-order valence-corrected chi connectivity index (χ3v) is 3.07. The molecule has 7 nitrogen and oxygen atoms in total. The Balaban J connectivity index is 2.25. The van der Waals surface area contributed by atoms with Gasteiger partial charge in [0, 0.05) is 23.9 Å². The molecular weight excluding hydrogens is 272 g/mol. The van der Waals surface area contributed by atoms with Crippen LogP contribution in [0.5, 0.6) is 0 Å². The highest BCUT2D eigenvalue weighted by molar-refractivity contribution is 5.88. The number of fused-ring (bicyclic) bond motifs is 1. The van der Waals surface area contributed by atoms with Crippen LogP contribution in [0.3, 0.4) is 0 Å². The number of aromatic nitrogens is 2. The first-order chi connectivity index (χ1) is 10.2. The molecule has 104 valence electrons. The van der Waals surface area contributed by atoms with Crippen molar-refractivity contribution in [2.45, 2.75) is 0 Å². The van der Waals surface area contributed by atoms with Gasteiger partial charge < -0.3 is 5.21 Å². The van der Waals surface area contributed by atoms with Gasteiger partial charge in [-0.2, -0.15) is 0 Å². The van der Waals surface area contributed by atoms with E-state index >= 15 is 0 Å². The molecule has 0 saturated heterocycles. The van der Waals surface area contributed by atoms with Crippen molar-refractivity contribution in [3.8, 4) is 11.4 Å². The van der Waals surface area contributed by atoms with Gasteiger partial charge in [0.2, 0.25) is 0 Å². The molecule has 0 amide bonds. The van der Waals surface area contributed by atoms with Crippen molar-refractivity contribution in [3.05, 3.63) is 64.5 Å². The minimum Gasteiger partial charge on any atom is -0.411 e. The molecule has 2 heterocycles. The smallest absolute Gasteiger partial charge is 0.270 e. The molecule has 0 atom stereocenters. The zero-order valence-electron chi connectivity index (χ0n) is 10.7. The number of imidazole rings is 1. The molecule has 0 fully saturated rings. The van der Waals surface area contributed by atoms with E-state index in [2.05, 4.69) is 10.1 Å². The number of nitro benzene ring substituents is 1. The average molecular weight is 282 g/mol. The van der Waals surface area contributed by atoms with Crippen LogP contribution >= 0.6 is 0 Å². The van der Waals surface area contributed by atoms with Crippen LogP contribution in [0.1, 0.15) is 5.69 Å². The Morgan fingerprint density at radius 2 is 2.14 bits per heavy atom. The number of hydrogen-bond donors (Lipinski definition) is 1. The lowest BCUT2D eigenvalue weighted by atomic mass is 10.2. The topological polar surface area (TPSA) is 93.0 Å². The van der Waals surface area contributed by atoms with E-state index in [4.69, 9.17) is 5.21 Å². The Labute approximate surface area is 118 Å². The van der Waals surface area contributed by atoms with Gasteiger partial charge in [-0.15, -0.1) is 0 Å². The maximum absolute atomic E-state index is 10.9. The fourth-order valence-electron chi connectivity index (χ4n) is 2.17. The Morgan fingerprint density at radius 3 is 2.90 bits per heavy atom. The number of oxime groups is 1. The minimum atomic E-state index is -0.449. The summed E-state index contributed by atoms with van der Waals surface area (Å²) in [5.41, 5.74) is 1.84. The van der Waals surface area contributed by atoms with Crippen molar-refractivity contribution in [2.24, 2.45) is 5.16 Å². The summed E-state index contributed by atoms with van der Waals surface area (Å²) in [4.78, 5) is 14.8. The number of hydrogen-bond acceptors (Lipinski definition) is 5. The zero-order chi connectivity index (χ0) is 14.8. The molecule has 1 aromatic carbocycles. The van der Waals surface area contributed by atoms with E-state index in [0.717, 1.165) is 5.52 Å². The minimum absolute atomic E-state index is 0.00226. The fraction of sp³-hybridized carbons (Fsp3) is 0. The molecule has 0 saturated carbocycles. The highest BCUT2D eigenvalue weighted by Gasteiger charge is 2.14. The maximum Gasteiger partial charge on any atom is 0.270 e. The normalized spacial score (nSPS) is 11.2. The number of rotatable bonds is 3. The van der Waals surface area contributed by atoms with Crippen molar-refractivity contribution < 1.29 is 10.1 Å². The SMILES string of the molecule is O=[N+]([O-])c1cccc(-c2nc(C=NO)c3ccccn23)c1. The van der Waals surface area contributed by atoms with E-state index in [1.165, 1.54) is 18.3 Å². The molecular formula is C14H10N4O3. The summed E-state index contributed by atoms with van der Waals surface area (Å²) >= 11 is 0. The first kappa shape index (κ1) is 12.8. The van der Waals surface area contributed by atoms with Gasteiger partial charge in [0.15, 0.2) is 0 Å². The lowest BCUT2D eigenvalue weighted by molar-refractivity contribution is -0.384. The molecule has 1 N–H and O–H groups in total. The van der Waals surface area contributed by atoms with Gasteiger partial charge in [0.25, 0.3) is 5.69 Å². The quantitative estimate of drug-likeness (QED) is 0.346. The summed E-state index contributed by atoms with van der Waals surface area (Å²) in [6.45, 7) is 0. The van der Waals surface area contributed by atoms with E-state index in [9.17, 15) is 10.1 Å². The monoisotopic (exact) mass is 282 g/mol. The summed E-state index contributed by atoms with van der Waals surface area (Å²) < 4.78 is 1.79. The molecule has 3 rings (SSSR count). The molecule has 0 radical (unpaired) electrons. The Kier molecular flexibility index (Phi) is 3.07. The number of non-ortho nitro benzene ring substituents is 1. The van der Waals surface area contributed by atoms with Gasteiger partial charge >= 0.3 is 0 Å². The summed E-state index contributed by atoms with van der Waals surface area (Å²) in [7, 11) is 0. The van der Waals surface area contributed by atoms with Crippen LogP contribution in [0.4, 0.5) is 5.69 Å². The first-order valence-corrected chi connectivity index (χ1v) is 6.10. The van der Waals surface area contributed by atoms with Crippen LogP contribution in [-0.2, 0) is 0 Å². The van der Waals surface area contributed by atoms with Gasteiger partial charge in [-0.1, -0.05) is 23.4 Å². The number of pyridine rings is 1. The summed E-state index contributed by atoms with van der Waals surface area (Å²) in [6.07, 6.45) is 3.03. The molecule has 0 aliphatic heterocycles. The molecule has 7 heteroatoms. The summed E-state index contributed by atoms with van der Waals surface area (Å²) in [6, 6.07) is 11.7. The second-order valence-electron chi connectivity index (χ2n) is 4.33. The van der Waals surface area contributed by atoms with Gasteiger partial charge in [-0.25, -0.2) is 4.98 Å². The molecule has 0 unspecified atom stereocenters. The predicted octanol–water partition coefficient (Wildman–Crippen LogP) is 2.72. The van der Waals surface area contributed by atoms with Crippen molar-refractivity contribution in [3.63, 3.8) is 0 Å². The van der Waals surface area contributed by atoms with Crippen LogP contribution in [0.2, 0.25) is 0 Å². The summed E-state index contributed by atoms with van der Waals surface area (Å²) in [5, 5.41) is 22.6. The molecule has 21 heavy (non-hydrogen) atoms. The van der Waals surface area contributed by atoms with Gasteiger partial charge in [-0.05, 0) is 12.1 Å². The number of nitrogens with zero attached hydrogens (tertiary/aromatic N) is 4. The molecule has 0 spiro atoms. The van der Waals surface area contributed by atoms with Crippen molar-refractivity contribution in [2.75, 3.05) is 0 Å². The van der Waals surface area contributed by atoms with Crippen LogP contribution in [0.25, 0.3) is 16.9 Å². The maximum atomic E-state index is 10.9. The van der Waals surface area contributed by atoms with E-state index in [0.29, 0.717) is 17.1 Å². The second kappa shape index (κ2) is 5.04. The third kappa shape index (κ3) is 2.20. The summed E-state index contributed by atoms with van der Waals surface area (Å²) in [5.74, 6) is 0.546. The van der Waals surface area contributed by atoms with E-state index in [1.807, 2.05) is 18.2 Å². The fourth-order valence-corrected chi connectivity index (χ4v) is 2.17. The van der Waals surface area contributed by atoms with Crippen LogP contribution < -0.4 is 0 Å². The first-order valence-electron chi connectivity index (χ1n) is 6.10. The Bertz CT molecular complexity index is 854. The van der Waals surface area contributed by atoms with Crippen LogP contribution in [0.15, 0.2) is 53.8 Å². The lowest BCUT2D eigenvalue weighted by Gasteiger charge is -2.00. The predicted molar refractivity (Wildman–Crippen MR) is 76.7 cm³/mol. The number of benzene rings is 1. The van der Waals surface area contributed by atoms with E-state index in [1.54, 1.807) is 22.7 Å². The van der Waals surface area contributed by atoms with Crippen LogP contribution in [-0.4, -0.2) is 25.7 Å². The average Bonchev–Trinajstić information content (AvgIpc) is 2.87. The Hall–Kier alpha value is -3.22. The van der Waals surface area contributed by atoms with Crippen molar-refractivity contribution in [1.29, 1.82) is 0 Å². The third-order valence-electron chi connectivity index (χ3n) is 3.07. The van der Waals surface area contributed by atoms with E-state index < -0.39 is 4.92 Å². The standard InChI is InChI=1S/C14H10N4O3/c19-15-9-12-13-6-1-2-7-17(13)14(16-12)10-4-3-5-11(8-10)18(20)21/h1-9,19H. The highest BCUT2D eigenvalue weighted by atomic mass is 16.6. The largest absolute Gasteiger partial charge is 0.411 e. The molecule has 0 bridgehead atoms. The van der Waals surface area contributed by atoms with Crippen molar-refractivity contribution in [1.82, 2.24) is 9.38 Å². The van der Waals surface area contributed by atoms with E-state index in [-0.39, 0.29) is 5.69 Å². The van der Waals surface area contributed by atoms with Gasteiger partial charge in [-0.3, -0.25) is 14.5 Å².